The van der Waals surface area contributed by atoms with Crippen molar-refractivity contribution in [3.63, 3.8) is 0 Å². The van der Waals surface area contributed by atoms with Crippen molar-refractivity contribution in [2.45, 2.75) is 37.0 Å². The second-order valence-electron chi connectivity index (χ2n) is 12.9. The Morgan fingerprint density at radius 1 is 0.458 bits per heavy atom. The van der Waals surface area contributed by atoms with E-state index in [0.29, 0.717) is 17.8 Å². The first-order valence-corrected chi connectivity index (χ1v) is 17.1. The maximum absolute atomic E-state index is 5.09. The van der Waals surface area contributed by atoms with E-state index in [9.17, 15) is 0 Å². The summed E-state index contributed by atoms with van der Waals surface area (Å²) in [5, 5.41) is 0. The largest absolute Gasteiger partial charge is 0.228 e. The van der Waals surface area contributed by atoms with E-state index in [1.807, 2.05) is 12.1 Å². The van der Waals surface area contributed by atoms with Gasteiger partial charge in [0, 0.05) is 28.5 Å². The van der Waals surface area contributed by atoms with Gasteiger partial charge in [-0.25, -0.2) is 9.97 Å². The Balaban J connectivity index is 1.07. The quantitative estimate of drug-likeness (QED) is 0.166. The second-order valence-corrected chi connectivity index (χ2v) is 12.9. The maximum atomic E-state index is 5.09. The van der Waals surface area contributed by atoms with Crippen molar-refractivity contribution in [2.24, 2.45) is 0 Å². The number of benzene rings is 5. The van der Waals surface area contributed by atoms with E-state index in [1.165, 1.54) is 27.8 Å². The van der Waals surface area contributed by atoms with Crippen LogP contribution < -0.4 is 0 Å². The van der Waals surface area contributed by atoms with Gasteiger partial charge < -0.3 is 0 Å². The van der Waals surface area contributed by atoms with E-state index in [2.05, 4.69) is 164 Å². The van der Waals surface area contributed by atoms with E-state index in [1.54, 1.807) is 0 Å². The molecule has 0 fully saturated rings. The van der Waals surface area contributed by atoms with E-state index < -0.39 is 0 Å². The maximum Gasteiger partial charge on any atom is 0.160 e. The van der Waals surface area contributed by atoms with Crippen molar-refractivity contribution in [1.29, 1.82) is 0 Å². The molecule has 3 atom stereocenters. The zero-order chi connectivity index (χ0) is 32.1. The minimum atomic E-state index is 0.328. The molecule has 0 N–H and O–H groups in total. The highest BCUT2D eigenvalue weighted by atomic mass is 14.9. The van der Waals surface area contributed by atoms with Crippen LogP contribution in [0.4, 0.5) is 0 Å². The van der Waals surface area contributed by atoms with Gasteiger partial charge in [-0.05, 0) is 65.1 Å². The Bertz CT molecular complexity index is 2050. The summed E-state index contributed by atoms with van der Waals surface area (Å²) >= 11 is 0. The monoisotopic (exact) mass is 618 g/mol. The van der Waals surface area contributed by atoms with Gasteiger partial charge in [-0.3, -0.25) is 0 Å². The molecule has 5 aromatic carbocycles. The summed E-state index contributed by atoms with van der Waals surface area (Å²) in [6, 6.07) is 51.8. The van der Waals surface area contributed by atoms with Crippen molar-refractivity contribution in [3.05, 3.63) is 198 Å². The van der Waals surface area contributed by atoms with Gasteiger partial charge in [0.25, 0.3) is 0 Å². The molecule has 0 amide bonds. The van der Waals surface area contributed by atoms with Gasteiger partial charge in [0.05, 0.1) is 11.4 Å². The second kappa shape index (κ2) is 13.6. The van der Waals surface area contributed by atoms with Gasteiger partial charge in [-0.1, -0.05) is 164 Å². The van der Waals surface area contributed by atoms with Crippen LogP contribution in [0.1, 0.15) is 59.3 Å². The minimum absolute atomic E-state index is 0.328. The van der Waals surface area contributed by atoms with Crippen molar-refractivity contribution in [3.8, 4) is 33.9 Å². The molecule has 0 spiro atoms. The number of hydrogen-bond donors (Lipinski definition) is 0. The number of allylic oxidation sites excluding steroid dienone is 6. The van der Waals surface area contributed by atoms with Gasteiger partial charge in [0.1, 0.15) is 0 Å². The van der Waals surface area contributed by atoms with Crippen molar-refractivity contribution >= 4 is 5.57 Å². The summed E-state index contributed by atoms with van der Waals surface area (Å²) in [5.41, 5.74) is 11.8. The van der Waals surface area contributed by atoms with Crippen molar-refractivity contribution in [1.82, 2.24) is 9.97 Å². The average Bonchev–Trinajstić information content (AvgIpc) is 3.19. The molecule has 0 bridgehead atoms. The fourth-order valence-corrected chi connectivity index (χ4v) is 7.19. The lowest BCUT2D eigenvalue weighted by atomic mass is 9.78. The number of rotatable bonds is 7. The first-order chi connectivity index (χ1) is 23.8. The summed E-state index contributed by atoms with van der Waals surface area (Å²) in [4.78, 5) is 10.2. The molecule has 2 aliphatic carbocycles. The molecule has 1 heterocycles. The van der Waals surface area contributed by atoms with Crippen LogP contribution in [-0.2, 0) is 0 Å². The van der Waals surface area contributed by atoms with Crippen LogP contribution in [0.25, 0.3) is 39.5 Å². The highest BCUT2D eigenvalue weighted by Gasteiger charge is 2.22. The highest BCUT2D eigenvalue weighted by molar-refractivity contribution is 5.76. The number of nitrogens with zero attached hydrogens (tertiary/aromatic N) is 2. The zero-order valence-electron chi connectivity index (χ0n) is 27.0. The van der Waals surface area contributed by atoms with E-state index in [-0.39, 0.29) is 0 Å². The lowest BCUT2D eigenvalue weighted by molar-refractivity contribution is 0.566. The third-order valence-electron chi connectivity index (χ3n) is 9.75. The van der Waals surface area contributed by atoms with E-state index in [0.717, 1.165) is 53.2 Å². The van der Waals surface area contributed by atoms with Crippen molar-refractivity contribution < 1.29 is 0 Å². The smallest absolute Gasteiger partial charge is 0.160 e. The Morgan fingerprint density at radius 2 is 1.04 bits per heavy atom. The number of aromatic nitrogens is 2. The number of hydrogen-bond acceptors (Lipinski definition) is 2. The topological polar surface area (TPSA) is 25.8 Å². The average molecular weight is 619 g/mol. The Kier molecular flexibility index (Phi) is 8.46. The first-order valence-electron chi connectivity index (χ1n) is 17.1. The SMILES string of the molecule is C1=CC(c2cccc(C3CC=CC(c4cccc(-c5nc(-c6ccccc6)cc(-c6ccccc6)n5)c4)C3)c2)=CC(c2ccccc2)C1. The van der Waals surface area contributed by atoms with E-state index >= 15 is 0 Å². The van der Waals surface area contributed by atoms with Gasteiger partial charge in [0.2, 0.25) is 0 Å². The Labute approximate surface area is 283 Å². The lowest BCUT2D eigenvalue weighted by Gasteiger charge is -2.26. The van der Waals surface area contributed by atoms with Crippen LogP contribution in [-0.4, -0.2) is 9.97 Å². The van der Waals surface area contributed by atoms with Gasteiger partial charge in [-0.2, -0.15) is 0 Å². The molecule has 232 valence electrons. The molecule has 8 rings (SSSR count). The fraction of sp³-hybridized carbons (Fsp3) is 0.130. The predicted molar refractivity (Wildman–Crippen MR) is 200 cm³/mol. The molecule has 0 radical (unpaired) electrons. The van der Waals surface area contributed by atoms with Crippen LogP contribution in [0.15, 0.2) is 176 Å². The zero-order valence-corrected chi connectivity index (χ0v) is 27.0. The molecule has 0 aliphatic heterocycles. The molecule has 2 aliphatic rings. The van der Waals surface area contributed by atoms with Crippen molar-refractivity contribution in [2.75, 3.05) is 0 Å². The van der Waals surface area contributed by atoms with Crippen LogP contribution in [0.3, 0.4) is 0 Å². The van der Waals surface area contributed by atoms with Gasteiger partial charge in [0.15, 0.2) is 5.82 Å². The minimum Gasteiger partial charge on any atom is -0.228 e. The molecule has 2 heteroatoms. The first kappa shape index (κ1) is 29.8. The molecule has 1 aromatic heterocycles. The summed E-state index contributed by atoms with van der Waals surface area (Å²) in [6.07, 6.45) is 15.0. The van der Waals surface area contributed by atoms with Gasteiger partial charge in [-0.15, -0.1) is 0 Å². The van der Waals surface area contributed by atoms with Gasteiger partial charge >= 0.3 is 0 Å². The van der Waals surface area contributed by atoms with Crippen LogP contribution in [0, 0.1) is 0 Å². The lowest BCUT2D eigenvalue weighted by Crippen LogP contribution is -2.09. The molecule has 48 heavy (non-hydrogen) atoms. The molecule has 2 nitrogen and oxygen atoms in total. The molecule has 0 saturated heterocycles. The Morgan fingerprint density at radius 3 is 1.75 bits per heavy atom. The molecular weight excluding hydrogens is 581 g/mol. The molecule has 6 aromatic rings. The summed E-state index contributed by atoms with van der Waals surface area (Å²) in [6.45, 7) is 0. The third-order valence-corrected chi connectivity index (χ3v) is 9.75. The van der Waals surface area contributed by atoms with Crippen LogP contribution in [0.2, 0.25) is 0 Å². The fourth-order valence-electron chi connectivity index (χ4n) is 7.19. The highest BCUT2D eigenvalue weighted by Crippen LogP contribution is 2.40. The predicted octanol–water partition coefficient (Wildman–Crippen LogP) is 11.8. The van der Waals surface area contributed by atoms with E-state index in [4.69, 9.17) is 9.97 Å². The Hall–Kier alpha value is -5.60. The normalized spacial score (nSPS) is 18.8. The van der Waals surface area contributed by atoms with Crippen LogP contribution >= 0.6 is 0 Å². The van der Waals surface area contributed by atoms with Crippen LogP contribution in [0.5, 0.6) is 0 Å². The molecule has 3 unspecified atom stereocenters. The standard InChI is InChI=1S/C46H38N2/c1-4-14-33(15-5-1)36-20-10-21-37(28-36)38-22-11-23-39(29-38)40-24-12-25-41(30-40)42-26-13-27-43(31-42)46-47-44(34-16-6-2-7-17-34)32-45(48-46)35-18-8-3-9-19-35/h1-19,21-23,25-29,31-32,36,40-41H,20,24,30H2. The third kappa shape index (κ3) is 6.48. The molecular formula is C46H38N2. The molecule has 0 saturated carbocycles. The summed E-state index contributed by atoms with van der Waals surface area (Å²) < 4.78 is 0. The summed E-state index contributed by atoms with van der Waals surface area (Å²) in [7, 11) is 0. The summed E-state index contributed by atoms with van der Waals surface area (Å²) in [5.74, 6) is 1.97.